The van der Waals surface area contributed by atoms with Gasteiger partial charge >= 0.3 is 6.03 Å². The summed E-state index contributed by atoms with van der Waals surface area (Å²) < 4.78 is 0.916. The summed E-state index contributed by atoms with van der Waals surface area (Å²) in [6.45, 7) is 1.01. The Morgan fingerprint density at radius 3 is 2.66 bits per heavy atom. The molecule has 1 atom stereocenters. The number of hydrogen-bond acceptors (Lipinski definition) is 7. The summed E-state index contributed by atoms with van der Waals surface area (Å²) in [6, 6.07) is 11.3. The molecule has 1 fully saturated rings. The number of aromatic nitrogens is 3. The van der Waals surface area contributed by atoms with Crippen molar-refractivity contribution < 1.29 is 14.5 Å². The van der Waals surface area contributed by atoms with Crippen LogP contribution in [0, 0.1) is 10.1 Å². The van der Waals surface area contributed by atoms with E-state index in [0.29, 0.717) is 10.9 Å². The molecule has 0 bridgehead atoms. The van der Waals surface area contributed by atoms with Gasteiger partial charge in [0.05, 0.1) is 10.3 Å². The van der Waals surface area contributed by atoms with Crippen LogP contribution < -0.4 is 10.9 Å². The summed E-state index contributed by atoms with van der Waals surface area (Å²) in [5, 5.41) is 21.6. The summed E-state index contributed by atoms with van der Waals surface area (Å²) in [5.41, 5.74) is -1.57. The van der Waals surface area contributed by atoms with Crippen LogP contribution in [0.15, 0.2) is 53.3 Å². The third-order valence-electron chi connectivity index (χ3n) is 4.81. The number of carbonyl (C=O) groups excluding carboxylic acids is 2. The van der Waals surface area contributed by atoms with Crippen molar-refractivity contribution in [1.82, 2.24) is 25.2 Å². The Bertz CT molecular complexity index is 1240. The molecule has 2 heterocycles. The summed E-state index contributed by atoms with van der Waals surface area (Å²) in [5.74, 6) is -0.662. The number of nitro groups is 1. The highest BCUT2D eigenvalue weighted by Gasteiger charge is 2.49. The Labute approximate surface area is 162 Å². The van der Waals surface area contributed by atoms with Gasteiger partial charge in [-0.3, -0.25) is 19.7 Å². The van der Waals surface area contributed by atoms with Gasteiger partial charge in [0.15, 0.2) is 0 Å². The highest BCUT2D eigenvalue weighted by Crippen LogP contribution is 2.31. The molecule has 1 aromatic heterocycles. The Morgan fingerprint density at radius 1 is 1.14 bits per heavy atom. The predicted octanol–water partition coefficient (Wildman–Crippen LogP) is 1.12. The van der Waals surface area contributed by atoms with Crippen molar-refractivity contribution in [3.8, 4) is 0 Å². The van der Waals surface area contributed by atoms with Gasteiger partial charge in [-0.25, -0.2) is 9.69 Å². The molecule has 1 aliphatic rings. The normalized spacial score (nSPS) is 18.9. The first kappa shape index (κ1) is 18.2. The van der Waals surface area contributed by atoms with E-state index in [1.165, 1.54) is 31.2 Å². The first-order valence-electron chi connectivity index (χ1n) is 8.53. The number of amides is 3. The second-order valence-electron chi connectivity index (χ2n) is 6.65. The second-order valence-corrected chi connectivity index (χ2v) is 6.65. The molecule has 4 rings (SSSR count). The van der Waals surface area contributed by atoms with E-state index in [9.17, 15) is 24.5 Å². The zero-order valence-electron chi connectivity index (χ0n) is 15.1. The number of rotatable bonds is 4. The Balaban J connectivity index is 1.69. The van der Waals surface area contributed by atoms with E-state index in [4.69, 9.17) is 0 Å². The van der Waals surface area contributed by atoms with Gasteiger partial charge in [-0.2, -0.15) is 4.68 Å². The number of imide groups is 1. The van der Waals surface area contributed by atoms with Gasteiger partial charge in [0.2, 0.25) is 0 Å². The average Bonchev–Trinajstić information content (AvgIpc) is 2.94. The molecule has 1 aliphatic heterocycles. The summed E-state index contributed by atoms with van der Waals surface area (Å²) in [4.78, 5) is 49.3. The maximum atomic E-state index is 13.0. The number of nitrogens with one attached hydrogen (secondary N) is 1. The lowest BCUT2D eigenvalue weighted by Crippen LogP contribution is -2.42. The minimum Gasteiger partial charge on any atom is -0.319 e. The van der Waals surface area contributed by atoms with Crippen LogP contribution in [0.5, 0.6) is 0 Å². The topological polar surface area (TPSA) is 140 Å². The molecule has 1 saturated heterocycles. The number of nitro benzene ring substituents is 1. The smallest absolute Gasteiger partial charge is 0.319 e. The maximum Gasteiger partial charge on any atom is 0.326 e. The Kier molecular flexibility index (Phi) is 4.07. The molecule has 1 unspecified atom stereocenters. The second kappa shape index (κ2) is 6.48. The van der Waals surface area contributed by atoms with Crippen LogP contribution >= 0.6 is 0 Å². The SMILES string of the molecule is CC1(c2cccc([N+](=O)[O-])c2)NC(=O)N(Cn2nnc3ccccc3c2=O)C1=O. The van der Waals surface area contributed by atoms with E-state index >= 15 is 0 Å². The van der Waals surface area contributed by atoms with E-state index in [-0.39, 0.29) is 11.3 Å². The average molecular weight is 394 g/mol. The lowest BCUT2D eigenvalue weighted by atomic mass is 9.92. The van der Waals surface area contributed by atoms with E-state index < -0.39 is 34.6 Å². The summed E-state index contributed by atoms with van der Waals surface area (Å²) >= 11 is 0. The fraction of sp³-hybridized carbons (Fsp3) is 0.167. The number of carbonyl (C=O) groups is 2. The largest absolute Gasteiger partial charge is 0.326 e. The first-order chi connectivity index (χ1) is 13.8. The number of urea groups is 1. The third kappa shape index (κ3) is 2.88. The summed E-state index contributed by atoms with van der Waals surface area (Å²) in [7, 11) is 0. The fourth-order valence-corrected chi connectivity index (χ4v) is 3.20. The fourth-order valence-electron chi connectivity index (χ4n) is 3.20. The zero-order chi connectivity index (χ0) is 20.8. The highest BCUT2D eigenvalue weighted by atomic mass is 16.6. The number of benzene rings is 2. The van der Waals surface area contributed by atoms with Crippen LogP contribution in [0.2, 0.25) is 0 Å². The Hall–Kier alpha value is -4.15. The zero-order valence-corrected chi connectivity index (χ0v) is 15.1. The van der Waals surface area contributed by atoms with Crippen molar-refractivity contribution in [3.63, 3.8) is 0 Å². The lowest BCUT2D eigenvalue weighted by molar-refractivity contribution is -0.385. The first-order valence-corrected chi connectivity index (χ1v) is 8.53. The van der Waals surface area contributed by atoms with E-state index in [0.717, 1.165) is 9.58 Å². The molecular weight excluding hydrogens is 380 g/mol. The molecule has 1 N–H and O–H groups in total. The van der Waals surface area contributed by atoms with Gasteiger partial charge in [-0.05, 0) is 24.6 Å². The van der Waals surface area contributed by atoms with E-state index in [2.05, 4.69) is 15.6 Å². The summed E-state index contributed by atoms with van der Waals surface area (Å²) in [6.07, 6.45) is 0. The molecule has 3 aromatic rings. The minimum absolute atomic E-state index is 0.208. The van der Waals surface area contributed by atoms with Crippen LogP contribution in [0.1, 0.15) is 12.5 Å². The van der Waals surface area contributed by atoms with Gasteiger partial charge < -0.3 is 5.32 Å². The molecule has 11 heteroatoms. The van der Waals surface area contributed by atoms with Crippen LogP contribution in [0.4, 0.5) is 10.5 Å². The molecule has 0 saturated carbocycles. The predicted molar refractivity (Wildman–Crippen MR) is 99.6 cm³/mol. The molecule has 3 amide bonds. The number of nitrogens with zero attached hydrogens (tertiary/aromatic N) is 5. The third-order valence-corrected chi connectivity index (χ3v) is 4.81. The monoisotopic (exact) mass is 394 g/mol. The van der Waals surface area contributed by atoms with Crippen LogP contribution in [0.3, 0.4) is 0 Å². The van der Waals surface area contributed by atoms with Crippen molar-refractivity contribution in [3.05, 3.63) is 74.6 Å². The van der Waals surface area contributed by atoms with Gasteiger partial charge in [0.1, 0.15) is 17.7 Å². The van der Waals surface area contributed by atoms with Gasteiger partial charge in [-0.15, -0.1) is 5.10 Å². The van der Waals surface area contributed by atoms with Crippen molar-refractivity contribution in [2.45, 2.75) is 19.1 Å². The Morgan fingerprint density at radius 2 is 1.90 bits per heavy atom. The van der Waals surface area contributed by atoms with Crippen LogP contribution in [0.25, 0.3) is 10.9 Å². The van der Waals surface area contributed by atoms with Crippen molar-refractivity contribution in [2.75, 3.05) is 0 Å². The van der Waals surface area contributed by atoms with Crippen molar-refractivity contribution >= 4 is 28.5 Å². The molecule has 0 aliphatic carbocycles. The van der Waals surface area contributed by atoms with E-state index in [1.54, 1.807) is 24.3 Å². The van der Waals surface area contributed by atoms with Gasteiger partial charge in [0, 0.05) is 12.1 Å². The molecule has 29 heavy (non-hydrogen) atoms. The lowest BCUT2D eigenvalue weighted by Gasteiger charge is -2.22. The quantitative estimate of drug-likeness (QED) is 0.397. The number of fused-ring (bicyclic) bond motifs is 1. The molecule has 0 spiro atoms. The molecule has 2 aromatic carbocycles. The number of non-ortho nitro benzene ring substituents is 1. The van der Waals surface area contributed by atoms with Crippen molar-refractivity contribution in [2.24, 2.45) is 0 Å². The highest BCUT2D eigenvalue weighted by molar-refractivity contribution is 6.07. The maximum absolute atomic E-state index is 13.0. The molecule has 146 valence electrons. The van der Waals surface area contributed by atoms with Crippen LogP contribution in [-0.2, 0) is 17.0 Å². The molecular formula is C18H14N6O5. The van der Waals surface area contributed by atoms with E-state index in [1.807, 2.05) is 0 Å². The number of hydrogen-bond donors (Lipinski definition) is 1. The van der Waals surface area contributed by atoms with Gasteiger partial charge in [0.25, 0.3) is 17.2 Å². The molecule has 0 radical (unpaired) electrons. The van der Waals surface area contributed by atoms with Crippen LogP contribution in [-0.4, -0.2) is 36.8 Å². The van der Waals surface area contributed by atoms with Gasteiger partial charge in [-0.1, -0.05) is 29.5 Å². The molecule has 11 nitrogen and oxygen atoms in total. The van der Waals surface area contributed by atoms with Crippen molar-refractivity contribution in [1.29, 1.82) is 0 Å². The standard InChI is InChI=1S/C18H14N6O5/c1-18(11-5-4-6-12(9-11)24(28)29)16(26)22(17(27)19-18)10-23-15(25)13-7-2-3-8-14(13)20-21-23/h2-9H,10H2,1H3,(H,19,27). The minimum atomic E-state index is -1.52.